The van der Waals surface area contributed by atoms with Gasteiger partial charge in [0.2, 0.25) is 5.75 Å². The molecule has 0 saturated heterocycles. The van der Waals surface area contributed by atoms with Gasteiger partial charge in [0.1, 0.15) is 0 Å². The predicted octanol–water partition coefficient (Wildman–Crippen LogP) is 5.62. The van der Waals surface area contributed by atoms with E-state index in [1.165, 1.54) is 11.6 Å². The maximum absolute atomic E-state index is 11.2. The van der Waals surface area contributed by atoms with Crippen molar-refractivity contribution in [2.24, 2.45) is 5.16 Å². The highest BCUT2D eigenvalue weighted by Crippen LogP contribution is 2.31. The molecular formula is C21H23N3O5. The van der Waals surface area contributed by atoms with E-state index in [-0.39, 0.29) is 11.4 Å². The minimum absolute atomic E-state index is 0.125. The molecule has 0 atom stereocenters. The average Bonchev–Trinajstić information content (AvgIpc) is 2.69. The third-order valence-corrected chi connectivity index (χ3v) is 4.15. The molecule has 0 aliphatic rings. The second kappa shape index (κ2) is 10.7. The molecule has 0 unspecified atom stereocenters. The number of nitro groups is 2. The number of rotatable bonds is 10. The van der Waals surface area contributed by atoms with Crippen molar-refractivity contribution >= 4 is 17.1 Å². The first-order chi connectivity index (χ1) is 13.9. The monoisotopic (exact) mass is 397 g/mol. The van der Waals surface area contributed by atoms with Gasteiger partial charge in [0.05, 0.1) is 21.6 Å². The summed E-state index contributed by atoms with van der Waals surface area (Å²) in [4.78, 5) is 26.0. The number of benzene rings is 2. The maximum atomic E-state index is 11.2. The second-order valence-electron chi connectivity index (χ2n) is 6.72. The minimum atomic E-state index is -0.718. The Hall–Kier alpha value is -3.55. The predicted molar refractivity (Wildman–Crippen MR) is 111 cm³/mol. The van der Waals surface area contributed by atoms with Crippen molar-refractivity contribution in [3.63, 3.8) is 0 Å². The van der Waals surface area contributed by atoms with Crippen LogP contribution in [-0.4, -0.2) is 15.6 Å². The lowest BCUT2D eigenvalue weighted by Crippen LogP contribution is -2.04. The van der Waals surface area contributed by atoms with Gasteiger partial charge in [-0.3, -0.25) is 20.2 Å². The molecule has 152 valence electrons. The number of non-ortho nitro benzene ring substituents is 1. The number of allylic oxidation sites excluding steroid dienone is 2. The van der Waals surface area contributed by atoms with Gasteiger partial charge in [-0.15, -0.1) is 0 Å². The molecule has 0 saturated carbocycles. The van der Waals surface area contributed by atoms with Crippen molar-refractivity contribution in [2.75, 3.05) is 0 Å². The van der Waals surface area contributed by atoms with Gasteiger partial charge in [-0.2, -0.15) is 0 Å². The first-order valence-electron chi connectivity index (χ1n) is 9.19. The molecule has 0 N–H and O–H groups in total. The van der Waals surface area contributed by atoms with Gasteiger partial charge in [-0.25, -0.2) is 0 Å². The zero-order chi connectivity index (χ0) is 21.2. The zero-order valence-electron chi connectivity index (χ0n) is 16.4. The van der Waals surface area contributed by atoms with Gasteiger partial charge in [-0.1, -0.05) is 47.1 Å². The van der Waals surface area contributed by atoms with Gasteiger partial charge in [0, 0.05) is 6.07 Å². The van der Waals surface area contributed by atoms with E-state index in [1.807, 2.05) is 44.2 Å². The zero-order valence-corrected chi connectivity index (χ0v) is 16.4. The minimum Gasteiger partial charge on any atom is -0.350 e. The van der Waals surface area contributed by atoms with Crippen LogP contribution in [0.1, 0.15) is 38.7 Å². The summed E-state index contributed by atoms with van der Waals surface area (Å²) >= 11 is 0. The third kappa shape index (κ3) is 7.17. The van der Waals surface area contributed by atoms with Crippen molar-refractivity contribution < 1.29 is 14.7 Å². The summed E-state index contributed by atoms with van der Waals surface area (Å²) in [6, 6.07) is 13.2. The molecule has 0 aliphatic carbocycles. The van der Waals surface area contributed by atoms with Gasteiger partial charge in [-0.05, 0) is 51.2 Å². The molecule has 0 amide bonds. The van der Waals surface area contributed by atoms with Crippen LogP contribution in [0.25, 0.3) is 0 Å². The van der Waals surface area contributed by atoms with Gasteiger partial charge >= 0.3 is 5.69 Å². The van der Waals surface area contributed by atoms with Crippen molar-refractivity contribution in [3.8, 4) is 5.75 Å². The topological polar surface area (TPSA) is 108 Å². The van der Waals surface area contributed by atoms with Crippen LogP contribution in [0.5, 0.6) is 5.75 Å². The van der Waals surface area contributed by atoms with Gasteiger partial charge in [0.25, 0.3) is 5.69 Å². The number of oxime groups is 1. The lowest BCUT2D eigenvalue weighted by molar-refractivity contribution is -0.394. The highest BCUT2D eigenvalue weighted by atomic mass is 16.7. The molecular weight excluding hydrogens is 374 g/mol. The Morgan fingerprint density at radius 1 is 1.03 bits per heavy atom. The summed E-state index contributed by atoms with van der Waals surface area (Å²) in [5, 5.41) is 26.2. The molecule has 0 spiro atoms. The van der Waals surface area contributed by atoms with Crippen LogP contribution in [-0.2, 0) is 6.42 Å². The Labute approximate surface area is 168 Å². The molecule has 0 aliphatic heterocycles. The Balaban J connectivity index is 2.19. The standard InChI is InChI=1S/C21H23N3O5/c1-16(2)7-6-10-18(12-11-17-8-4-3-5-9-17)22-29-21-14-13-19(23(25)26)15-20(21)24(27)28/h3-5,7-9,13-15H,6,10-12H2,1-2H3/b22-18+. The molecule has 2 rings (SSSR count). The Bertz CT molecular complexity index is 919. The van der Waals surface area contributed by atoms with Crippen molar-refractivity contribution in [1.29, 1.82) is 0 Å². The number of nitrogens with zero attached hydrogens (tertiary/aromatic N) is 3. The van der Waals surface area contributed by atoms with E-state index in [2.05, 4.69) is 11.2 Å². The molecule has 0 heterocycles. The summed E-state index contributed by atoms with van der Waals surface area (Å²) in [7, 11) is 0. The van der Waals surface area contributed by atoms with E-state index in [9.17, 15) is 20.2 Å². The number of nitro benzene ring substituents is 2. The maximum Gasteiger partial charge on any atom is 0.321 e. The highest BCUT2D eigenvalue weighted by molar-refractivity contribution is 5.84. The second-order valence-corrected chi connectivity index (χ2v) is 6.72. The lowest BCUT2D eigenvalue weighted by Gasteiger charge is -2.07. The van der Waals surface area contributed by atoms with Crippen LogP contribution < -0.4 is 4.84 Å². The Kier molecular flexibility index (Phi) is 8.02. The lowest BCUT2D eigenvalue weighted by atomic mass is 10.0. The molecule has 2 aromatic rings. The van der Waals surface area contributed by atoms with Crippen molar-refractivity contribution in [2.45, 2.75) is 39.5 Å². The van der Waals surface area contributed by atoms with Crippen LogP contribution in [0.4, 0.5) is 11.4 Å². The normalized spacial score (nSPS) is 11.0. The molecule has 8 heteroatoms. The quantitative estimate of drug-likeness (QED) is 0.224. The largest absolute Gasteiger partial charge is 0.350 e. The smallest absolute Gasteiger partial charge is 0.321 e. The fraction of sp³-hybridized carbons (Fsp3) is 0.286. The Morgan fingerprint density at radius 3 is 2.38 bits per heavy atom. The summed E-state index contributed by atoms with van der Waals surface area (Å²) in [6.07, 6.45) is 4.93. The van der Waals surface area contributed by atoms with Gasteiger partial charge in [0.15, 0.2) is 0 Å². The van der Waals surface area contributed by atoms with E-state index in [4.69, 9.17) is 4.84 Å². The molecule has 8 nitrogen and oxygen atoms in total. The first-order valence-corrected chi connectivity index (χ1v) is 9.19. The van der Waals surface area contributed by atoms with Crippen LogP contribution in [0.3, 0.4) is 0 Å². The third-order valence-electron chi connectivity index (χ3n) is 4.15. The van der Waals surface area contributed by atoms with Crippen molar-refractivity contribution in [1.82, 2.24) is 0 Å². The van der Waals surface area contributed by atoms with E-state index in [1.54, 1.807) is 0 Å². The SMILES string of the molecule is CC(C)=CCC/C(CCc1ccccc1)=N\Oc1ccc([N+](=O)[O-])cc1[N+](=O)[O-]. The van der Waals surface area contributed by atoms with Crippen molar-refractivity contribution in [3.05, 3.63) is 86.0 Å². The van der Waals surface area contributed by atoms with Crippen LogP contribution in [0.2, 0.25) is 0 Å². The summed E-state index contributed by atoms with van der Waals surface area (Å²) in [6.45, 7) is 4.02. The van der Waals surface area contributed by atoms with E-state index >= 15 is 0 Å². The average molecular weight is 397 g/mol. The van der Waals surface area contributed by atoms with E-state index < -0.39 is 15.5 Å². The summed E-state index contributed by atoms with van der Waals surface area (Å²) < 4.78 is 0. The number of aryl methyl sites for hydroxylation is 1. The van der Waals surface area contributed by atoms with E-state index in [0.29, 0.717) is 12.8 Å². The first kappa shape index (κ1) is 21.7. The fourth-order valence-corrected chi connectivity index (χ4v) is 2.63. The number of hydrogen-bond acceptors (Lipinski definition) is 6. The Morgan fingerprint density at radius 2 is 1.76 bits per heavy atom. The summed E-state index contributed by atoms with van der Waals surface area (Å²) in [5.74, 6) is -0.125. The molecule has 0 bridgehead atoms. The molecule has 0 fully saturated rings. The fourth-order valence-electron chi connectivity index (χ4n) is 2.63. The summed E-state index contributed by atoms with van der Waals surface area (Å²) in [5.41, 5.74) is 2.25. The van der Waals surface area contributed by atoms with Crippen LogP contribution >= 0.6 is 0 Å². The molecule has 0 aromatic heterocycles. The molecule has 0 radical (unpaired) electrons. The van der Waals surface area contributed by atoms with Gasteiger partial charge < -0.3 is 4.84 Å². The molecule has 2 aromatic carbocycles. The molecule has 29 heavy (non-hydrogen) atoms. The number of hydrogen-bond donors (Lipinski definition) is 0. The highest BCUT2D eigenvalue weighted by Gasteiger charge is 2.21. The van der Waals surface area contributed by atoms with Crippen LogP contribution in [0, 0.1) is 20.2 Å². The van der Waals surface area contributed by atoms with E-state index in [0.717, 1.165) is 36.2 Å². The van der Waals surface area contributed by atoms with Crippen LogP contribution in [0.15, 0.2) is 65.3 Å².